The number of hydrogen-bond donors (Lipinski definition) is 1. The number of likely N-dealkylation sites (tertiary alicyclic amines) is 1. The van der Waals surface area contributed by atoms with Gasteiger partial charge in [0.1, 0.15) is 5.76 Å². The quantitative estimate of drug-likeness (QED) is 0.811. The molecule has 0 amide bonds. The first-order valence-corrected chi connectivity index (χ1v) is 6.10. The van der Waals surface area contributed by atoms with Crippen LogP contribution in [-0.4, -0.2) is 36.6 Å². The lowest BCUT2D eigenvalue weighted by molar-refractivity contribution is 0.373. The minimum Gasteiger partial charge on any atom is -0.446 e. The highest BCUT2D eigenvalue weighted by atomic mass is 16.4. The van der Waals surface area contributed by atoms with Crippen LogP contribution in [0.1, 0.15) is 24.5 Å². The topological polar surface area (TPSA) is 55.3 Å². The van der Waals surface area contributed by atoms with Gasteiger partial charge in [0.2, 0.25) is 0 Å². The van der Waals surface area contributed by atoms with Crippen LogP contribution in [0.4, 0.5) is 0 Å². The molecule has 4 heteroatoms. The maximum Gasteiger partial charge on any atom is 0.194 e. The lowest BCUT2D eigenvalue weighted by atomic mass is 10.1. The van der Waals surface area contributed by atoms with Gasteiger partial charge >= 0.3 is 0 Å². The van der Waals surface area contributed by atoms with E-state index in [1.165, 1.54) is 19.5 Å². The Balaban J connectivity index is 1.83. The Morgan fingerprint density at radius 3 is 3.19 bits per heavy atom. The summed E-state index contributed by atoms with van der Waals surface area (Å²) < 4.78 is 5.70. The van der Waals surface area contributed by atoms with Gasteiger partial charge in [-0.25, -0.2) is 4.98 Å². The lowest BCUT2D eigenvalue weighted by Crippen LogP contribution is -2.15. The van der Waals surface area contributed by atoms with Gasteiger partial charge in [-0.1, -0.05) is 0 Å². The van der Waals surface area contributed by atoms with Crippen molar-refractivity contribution >= 4 is 0 Å². The van der Waals surface area contributed by atoms with Crippen molar-refractivity contribution in [3.8, 4) is 0 Å². The van der Waals surface area contributed by atoms with Crippen molar-refractivity contribution in [2.75, 3.05) is 26.7 Å². The summed E-state index contributed by atoms with van der Waals surface area (Å²) in [6, 6.07) is 0. The molecule has 1 fully saturated rings. The van der Waals surface area contributed by atoms with E-state index in [1.807, 2.05) is 6.20 Å². The van der Waals surface area contributed by atoms with Crippen molar-refractivity contribution in [3.05, 3.63) is 17.8 Å². The second-order valence-corrected chi connectivity index (χ2v) is 4.73. The lowest BCUT2D eigenvalue weighted by Gasteiger charge is -2.07. The number of aryl methyl sites for hydroxylation is 1. The van der Waals surface area contributed by atoms with Gasteiger partial charge in [-0.15, -0.1) is 0 Å². The van der Waals surface area contributed by atoms with E-state index in [-0.39, 0.29) is 0 Å². The summed E-state index contributed by atoms with van der Waals surface area (Å²) in [5.41, 5.74) is 5.46. The molecule has 1 aliphatic rings. The third kappa shape index (κ3) is 3.06. The van der Waals surface area contributed by atoms with Gasteiger partial charge in [-0.3, -0.25) is 0 Å². The van der Waals surface area contributed by atoms with Crippen LogP contribution < -0.4 is 5.73 Å². The van der Waals surface area contributed by atoms with Gasteiger partial charge in [0.15, 0.2) is 5.89 Å². The molecule has 0 saturated carbocycles. The number of rotatable bonds is 5. The molecule has 2 heterocycles. The molecule has 2 N–H and O–H groups in total. The van der Waals surface area contributed by atoms with E-state index >= 15 is 0 Å². The summed E-state index contributed by atoms with van der Waals surface area (Å²) in [6.07, 6.45) is 5.97. The molecule has 1 saturated heterocycles. The monoisotopic (exact) mass is 223 g/mol. The number of hydrogen-bond acceptors (Lipinski definition) is 4. The zero-order chi connectivity index (χ0) is 11.4. The Morgan fingerprint density at radius 2 is 2.50 bits per heavy atom. The Labute approximate surface area is 96.8 Å². The minimum atomic E-state index is 0.712. The van der Waals surface area contributed by atoms with E-state index in [1.54, 1.807) is 0 Å². The van der Waals surface area contributed by atoms with Gasteiger partial charge in [0, 0.05) is 19.4 Å². The third-order valence-corrected chi connectivity index (χ3v) is 3.18. The first-order chi connectivity index (χ1) is 7.78. The van der Waals surface area contributed by atoms with Crippen molar-refractivity contribution in [3.63, 3.8) is 0 Å². The summed E-state index contributed by atoms with van der Waals surface area (Å²) in [6.45, 7) is 3.08. The van der Waals surface area contributed by atoms with Crippen LogP contribution in [0.2, 0.25) is 0 Å². The largest absolute Gasteiger partial charge is 0.446 e. The number of nitrogens with two attached hydrogens (primary N) is 1. The van der Waals surface area contributed by atoms with E-state index in [4.69, 9.17) is 10.2 Å². The highest BCUT2D eigenvalue weighted by Gasteiger charge is 2.21. The fraction of sp³-hybridized carbons (Fsp3) is 0.750. The van der Waals surface area contributed by atoms with Crippen LogP contribution in [0, 0.1) is 5.92 Å². The average Bonchev–Trinajstić information content (AvgIpc) is 2.86. The molecule has 1 aromatic heterocycles. The van der Waals surface area contributed by atoms with Gasteiger partial charge in [-0.2, -0.15) is 0 Å². The first kappa shape index (κ1) is 11.6. The number of aromatic nitrogens is 1. The zero-order valence-electron chi connectivity index (χ0n) is 9.98. The van der Waals surface area contributed by atoms with Crippen molar-refractivity contribution in [2.45, 2.75) is 25.7 Å². The van der Waals surface area contributed by atoms with E-state index in [0.29, 0.717) is 12.5 Å². The van der Waals surface area contributed by atoms with Crippen LogP contribution in [0.5, 0.6) is 0 Å². The Morgan fingerprint density at radius 1 is 1.62 bits per heavy atom. The fourth-order valence-corrected chi connectivity index (χ4v) is 2.27. The summed E-state index contributed by atoms with van der Waals surface area (Å²) in [4.78, 5) is 6.70. The predicted molar refractivity (Wildman–Crippen MR) is 63.2 cm³/mol. The standard InChI is InChI=1S/C12H21N3O/c1-15-6-4-10(9-15)7-12-14-8-11(16-12)3-2-5-13/h8,10H,2-7,9,13H2,1H3. The van der Waals surface area contributed by atoms with E-state index in [9.17, 15) is 0 Å². The molecule has 90 valence electrons. The molecule has 1 aromatic rings. The summed E-state index contributed by atoms with van der Waals surface area (Å²) in [5, 5.41) is 0. The molecule has 1 unspecified atom stereocenters. The van der Waals surface area contributed by atoms with Crippen LogP contribution >= 0.6 is 0 Å². The molecule has 16 heavy (non-hydrogen) atoms. The highest BCUT2D eigenvalue weighted by molar-refractivity contribution is 4.96. The SMILES string of the molecule is CN1CCC(Cc2ncc(CCCN)o2)C1. The number of oxazole rings is 1. The first-order valence-electron chi connectivity index (χ1n) is 6.10. The van der Waals surface area contributed by atoms with Gasteiger partial charge in [0.25, 0.3) is 0 Å². The second kappa shape index (κ2) is 5.46. The van der Waals surface area contributed by atoms with E-state index < -0.39 is 0 Å². The molecule has 1 aliphatic heterocycles. The van der Waals surface area contributed by atoms with Crippen LogP contribution in [0.15, 0.2) is 10.6 Å². The summed E-state index contributed by atoms with van der Waals surface area (Å²) in [7, 11) is 2.17. The summed E-state index contributed by atoms with van der Waals surface area (Å²) >= 11 is 0. The van der Waals surface area contributed by atoms with Crippen LogP contribution in [0.25, 0.3) is 0 Å². The molecule has 0 aliphatic carbocycles. The van der Waals surface area contributed by atoms with E-state index in [0.717, 1.165) is 30.9 Å². The molecular weight excluding hydrogens is 202 g/mol. The second-order valence-electron chi connectivity index (χ2n) is 4.73. The molecule has 4 nitrogen and oxygen atoms in total. The van der Waals surface area contributed by atoms with Crippen molar-refractivity contribution < 1.29 is 4.42 Å². The molecule has 0 radical (unpaired) electrons. The molecule has 0 aromatic carbocycles. The van der Waals surface area contributed by atoms with Crippen molar-refractivity contribution in [1.29, 1.82) is 0 Å². The van der Waals surface area contributed by atoms with Crippen molar-refractivity contribution in [1.82, 2.24) is 9.88 Å². The zero-order valence-corrected chi connectivity index (χ0v) is 9.98. The third-order valence-electron chi connectivity index (χ3n) is 3.18. The summed E-state index contributed by atoms with van der Waals surface area (Å²) in [5.74, 6) is 2.59. The maximum atomic E-state index is 5.70. The number of nitrogens with zero attached hydrogens (tertiary/aromatic N) is 2. The Hall–Kier alpha value is -0.870. The van der Waals surface area contributed by atoms with Crippen LogP contribution in [-0.2, 0) is 12.8 Å². The fourth-order valence-electron chi connectivity index (χ4n) is 2.27. The molecule has 2 rings (SSSR count). The molecule has 1 atom stereocenters. The maximum absolute atomic E-state index is 5.70. The highest BCUT2D eigenvalue weighted by Crippen LogP contribution is 2.19. The van der Waals surface area contributed by atoms with Gasteiger partial charge < -0.3 is 15.1 Å². The normalized spacial score (nSPS) is 21.8. The Kier molecular flexibility index (Phi) is 3.96. The van der Waals surface area contributed by atoms with E-state index in [2.05, 4.69) is 16.9 Å². The Bertz CT molecular complexity index is 324. The van der Waals surface area contributed by atoms with Gasteiger partial charge in [-0.05, 0) is 38.9 Å². The minimum absolute atomic E-state index is 0.712. The molecule has 0 spiro atoms. The molecular formula is C12H21N3O. The predicted octanol–water partition coefficient (Wildman–Crippen LogP) is 1.06. The van der Waals surface area contributed by atoms with Crippen LogP contribution in [0.3, 0.4) is 0 Å². The average molecular weight is 223 g/mol. The molecule has 0 bridgehead atoms. The van der Waals surface area contributed by atoms with Crippen molar-refractivity contribution in [2.24, 2.45) is 11.7 Å². The van der Waals surface area contributed by atoms with Gasteiger partial charge in [0.05, 0.1) is 6.20 Å². The smallest absolute Gasteiger partial charge is 0.194 e.